The maximum Gasteiger partial charge on any atom is 0.242 e. The Labute approximate surface area is 203 Å². The minimum Gasteiger partial charge on any atom is -0.354 e. The van der Waals surface area contributed by atoms with Gasteiger partial charge in [0.05, 0.1) is 5.75 Å². The molecule has 0 heterocycles. The van der Waals surface area contributed by atoms with Crippen LogP contribution in [-0.2, 0) is 21.9 Å². The van der Waals surface area contributed by atoms with Gasteiger partial charge in [0, 0.05) is 33.9 Å². The van der Waals surface area contributed by atoms with E-state index < -0.39 is 6.04 Å². The fourth-order valence-corrected chi connectivity index (χ4v) is 4.48. The molecule has 0 bridgehead atoms. The van der Waals surface area contributed by atoms with Crippen molar-refractivity contribution in [3.8, 4) is 0 Å². The Kier molecular flexibility index (Phi) is 10.5. The van der Waals surface area contributed by atoms with E-state index in [9.17, 15) is 9.59 Å². The molecule has 8 heteroatoms. The molecule has 0 aliphatic heterocycles. The SMILES string of the molecule is CC(C)CNC(=O)C(C)N(Cc1ccc(Cl)cc1Cl)C(=O)CSCc1ccccc1Cl. The predicted octanol–water partition coefficient (Wildman–Crippen LogP) is 6.07. The first-order valence-electron chi connectivity index (χ1n) is 10.0. The molecule has 168 valence electrons. The zero-order chi connectivity index (χ0) is 23.0. The Morgan fingerprint density at radius 3 is 2.35 bits per heavy atom. The fraction of sp³-hybridized carbons (Fsp3) is 0.391. The van der Waals surface area contributed by atoms with Crippen LogP contribution in [0.5, 0.6) is 0 Å². The third-order valence-electron chi connectivity index (χ3n) is 4.65. The molecule has 0 aliphatic carbocycles. The van der Waals surface area contributed by atoms with Crippen LogP contribution in [0, 0.1) is 5.92 Å². The summed E-state index contributed by atoms with van der Waals surface area (Å²) in [5.74, 6) is 0.809. The van der Waals surface area contributed by atoms with Crippen molar-refractivity contribution < 1.29 is 9.59 Å². The highest BCUT2D eigenvalue weighted by Crippen LogP contribution is 2.25. The van der Waals surface area contributed by atoms with Gasteiger partial charge in [-0.1, -0.05) is 72.9 Å². The molecule has 0 fully saturated rings. The van der Waals surface area contributed by atoms with Gasteiger partial charge < -0.3 is 10.2 Å². The van der Waals surface area contributed by atoms with Gasteiger partial charge in [-0.25, -0.2) is 0 Å². The van der Waals surface area contributed by atoms with E-state index in [4.69, 9.17) is 34.8 Å². The normalized spacial score (nSPS) is 12.0. The molecule has 1 N–H and O–H groups in total. The van der Waals surface area contributed by atoms with E-state index in [1.165, 1.54) is 11.8 Å². The molecule has 0 spiro atoms. The summed E-state index contributed by atoms with van der Waals surface area (Å²) in [5.41, 5.74) is 1.70. The summed E-state index contributed by atoms with van der Waals surface area (Å²) >= 11 is 20.0. The van der Waals surface area contributed by atoms with Crippen molar-refractivity contribution in [2.24, 2.45) is 5.92 Å². The van der Waals surface area contributed by atoms with Gasteiger partial charge >= 0.3 is 0 Å². The number of carbonyl (C=O) groups is 2. The second kappa shape index (κ2) is 12.6. The Hall–Kier alpha value is -1.40. The van der Waals surface area contributed by atoms with Crippen molar-refractivity contribution in [3.63, 3.8) is 0 Å². The van der Waals surface area contributed by atoms with Gasteiger partial charge in [0.25, 0.3) is 0 Å². The van der Waals surface area contributed by atoms with Crippen molar-refractivity contribution in [2.45, 2.75) is 39.1 Å². The topological polar surface area (TPSA) is 49.4 Å². The first kappa shape index (κ1) is 25.9. The van der Waals surface area contributed by atoms with E-state index in [2.05, 4.69) is 5.32 Å². The molecular weight excluding hydrogens is 475 g/mol. The summed E-state index contributed by atoms with van der Waals surface area (Å²) < 4.78 is 0. The molecule has 31 heavy (non-hydrogen) atoms. The summed E-state index contributed by atoms with van der Waals surface area (Å²) in [6.07, 6.45) is 0. The second-order valence-electron chi connectivity index (χ2n) is 7.66. The smallest absolute Gasteiger partial charge is 0.242 e. The lowest BCUT2D eigenvalue weighted by Crippen LogP contribution is -2.48. The quantitative estimate of drug-likeness (QED) is 0.430. The molecule has 2 rings (SSSR count). The lowest BCUT2D eigenvalue weighted by molar-refractivity contribution is -0.138. The van der Waals surface area contributed by atoms with Crippen molar-refractivity contribution in [1.82, 2.24) is 10.2 Å². The third kappa shape index (κ3) is 8.23. The number of hydrogen-bond donors (Lipinski definition) is 1. The van der Waals surface area contributed by atoms with Gasteiger partial charge in [0.15, 0.2) is 0 Å². The number of rotatable bonds is 10. The molecule has 0 saturated heterocycles. The molecule has 1 atom stereocenters. The zero-order valence-electron chi connectivity index (χ0n) is 17.8. The first-order chi connectivity index (χ1) is 14.7. The fourth-order valence-electron chi connectivity index (χ4n) is 2.82. The lowest BCUT2D eigenvalue weighted by atomic mass is 10.1. The molecule has 0 aliphatic rings. The van der Waals surface area contributed by atoms with Crippen LogP contribution >= 0.6 is 46.6 Å². The number of halogens is 3. The monoisotopic (exact) mass is 500 g/mol. The van der Waals surface area contributed by atoms with Crippen LogP contribution < -0.4 is 5.32 Å². The maximum absolute atomic E-state index is 13.1. The van der Waals surface area contributed by atoms with E-state index in [-0.39, 0.29) is 24.1 Å². The molecule has 2 aromatic carbocycles. The Bertz CT molecular complexity index is 908. The largest absolute Gasteiger partial charge is 0.354 e. The van der Waals surface area contributed by atoms with Crippen LogP contribution in [0.2, 0.25) is 15.1 Å². The summed E-state index contributed by atoms with van der Waals surface area (Å²) in [4.78, 5) is 27.3. The molecular formula is C23H27Cl3N2O2S. The van der Waals surface area contributed by atoms with Gasteiger partial charge in [0.1, 0.15) is 6.04 Å². The van der Waals surface area contributed by atoms with Crippen LogP contribution in [0.25, 0.3) is 0 Å². The van der Waals surface area contributed by atoms with Gasteiger partial charge in [0.2, 0.25) is 11.8 Å². The predicted molar refractivity (Wildman–Crippen MR) is 132 cm³/mol. The van der Waals surface area contributed by atoms with Crippen LogP contribution in [0.3, 0.4) is 0 Å². The van der Waals surface area contributed by atoms with Gasteiger partial charge in [-0.05, 0) is 42.2 Å². The lowest BCUT2D eigenvalue weighted by Gasteiger charge is -2.29. The first-order valence-corrected chi connectivity index (χ1v) is 12.3. The van der Waals surface area contributed by atoms with E-state index in [1.54, 1.807) is 30.0 Å². The molecule has 4 nitrogen and oxygen atoms in total. The van der Waals surface area contributed by atoms with Crippen LogP contribution in [0.4, 0.5) is 0 Å². The molecule has 0 radical (unpaired) electrons. The molecule has 1 unspecified atom stereocenters. The number of benzene rings is 2. The highest BCUT2D eigenvalue weighted by molar-refractivity contribution is 7.99. The average Bonchev–Trinajstić information content (AvgIpc) is 2.72. The minimum atomic E-state index is -0.640. The Morgan fingerprint density at radius 1 is 1.00 bits per heavy atom. The number of nitrogens with one attached hydrogen (secondary N) is 1. The maximum atomic E-state index is 13.1. The molecule has 2 aromatic rings. The zero-order valence-corrected chi connectivity index (χ0v) is 20.9. The van der Waals surface area contributed by atoms with Crippen molar-refractivity contribution >= 4 is 58.4 Å². The van der Waals surface area contributed by atoms with Crippen molar-refractivity contribution in [3.05, 3.63) is 68.7 Å². The third-order valence-corrected chi connectivity index (χ3v) is 6.57. The average molecular weight is 502 g/mol. The molecule has 2 amide bonds. The van der Waals surface area contributed by atoms with Crippen LogP contribution in [0.15, 0.2) is 42.5 Å². The van der Waals surface area contributed by atoms with Crippen LogP contribution in [-0.4, -0.2) is 35.1 Å². The Morgan fingerprint density at radius 2 is 1.71 bits per heavy atom. The minimum absolute atomic E-state index is 0.143. The standard InChI is InChI=1S/C23H27Cl3N2O2S/c1-15(2)11-27-23(30)16(3)28(12-17-8-9-19(24)10-21(17)26)22(29)14-31-13-18-6-4-5-7-20(18)25/h4-10,15-16H,11-14H2,1-3H3,(H,27,30). The summed E-state index contributed by atoms with van der Waals surface area (Å²) in [6.45, 7) is 6.54. The highest BCUT2D eigenvalue weighted by atomic mass is 35.5. The van der Waals surface area contributed by atoms with E-state index in [1.807, 2.05) is 38.1 Å². The number of hydrogen-bond acceptors (Lipinski definition) is 3. The molecule has 0 saturated carbocycles. The second-order valence-corrected chi connectivity index (χ2v) is 9.89. The summed E-state index contributed by atoms with van der Waals surface area (Å²) in [6, 6.07) is 12.1. The van der Waals surface area contributed by atoms with E-state index in [0.717, 1.165) is 11.1 Å². The highest BCUT2D eigenvalue weighted by Gasteiger charge is 2.26. The van der Waals surface area contributed by atoms with Gasteiger partial charge in [-0.2, -0.15) is 0 Å². The summed E-state index contributed by atoms with van der Waals surface area (Å²) in [7, 11) is 0. The van der Waals surface area contributed by atoms with E-state index in [0.29, 0.717) is 33.3 Å². The van der Waals surface area contributed by atoms with Crippen molar-refractivity contribution in [2.75, 3.05) is 12.3 Å². The molecule has 0 aromatic heterocycles. The van der Waals surface area contributed by atoms with Crippen molar-refractivity contribution in [1.29, 1.82) is 0 Å². The van der Waals surface area contributed by atoms with E-state index >= 15 is 0 Å². The number of amides is 2. The summed E-state index contributed by atoms with van der Waals surface area (Å²) in [5, 5.41) is 4.56. The Balaban J connectivity index is 2.12. The number of thioether (sulfide) groups is 1. The number of carbonyl (C=O) groups excluding carboxylic acids is 2. The van der Waals surface area contributed by atoms with Gasteiger partial charge in [-0.15, -0.1) is 11.8 Å². The van der Waals surface area contributed by atoms with Gasteiger partial charge in [-0.3, -0.25) is 9.59 Å². The van der Waals surface area contributed by atoms with Crippen LogP contribution in [0.1, 0.15) is 31.9 Å². The number of nitrogens with zero attached hydrogens (tertiary/aromatic N) is 1.